The molecule has 1 saturated carbocycles. The van der Waals surface area contributed by atoms with Crippen molar-refractivity contribution in [3.8, 4) is 22.6 Å². The van der Waals surface area contributed by atoms with Crippen LogP contribution in [0.5, 0.6) is 11.5 Å². The van der Waals surface area contributed by atoms with E-state index < -0.39 is 6.29 Å². The third kappa shape index (κ3) is 3.11. The molecule has 1 aromatic heterocycles. The van der Waals surface area contributed by atoms with Gasteiger partial charge in [0.05, 0.1) is 5.02 Å². The molecule has 5 nitrogen and oxygen atoms in total. The topological polar surface area (TPSA) is 60.5 Å². The van der Waals surface area contributed by atoms with Crippen molar-refractivity contribution in [2.75, 3.05) is 5.32 Å². The summed E-state index contributed by atoms with van der Waals surface area (Å²) in [4.78, 5) is 16.1. The van der Waals surface area contributed by atoms with Gasteiger partial charge in [-0.1, -0.05) is 18.5 Å². The van der Waals surface area contributed by atoms with E-state index in [2.05, 4.69) is 19.8 Å². The van der Waals surface area contributed by atoms with Crippen molar-refractivity contribution in [3.05, 3.63) is 35.5 Å². The fraction of sp³-hybridized carbons (Fsp3) is 0.294. The third-order valence-electron chi connectivity index (χ3n) is 4.26. The van der Waals surface area contributed by atoms with Crippen molar-refractivity contribution in [1.82, 2.24) is 4.98 Å². The Morgan fingerprint density at radius 3 is 2.60 bits per heavy atom. The monoisotopic (exact) mass is 366 g/mol. The zero-order chi connectivity index (χ0) is 17.8. The van der Waals surface area contributed by atoms with Crippen molar-refractivity contribution in [3.63, 3.8) is 0 Å². The molecule has 8 heteroatoms. The van der Waals surface area contributed by atoms with Gasteiger partial charge in [0.25, 0.3) is 0 Å². The highest BCUT2D eigenvalue weighted by molar-refractivity contribution is 6.33. The lowest BCUT2D eigenvalue weighted by Gasteiger charge is -2.08. The highest BCUT2D eigenvalue weighted by atomic mass is 35.5. The number of alkyl halides is 2. The number of rotatable bonds is 3. The van der Waals surface area contributed by atoms with Gasteiger partial charge in [-0.2, -0.15) is 0 Å². The summed E-state index contributed by atoms with van der Waals surface area (Å²) in [5, 5.41) is 2.98. The molecule has 130 valence electrons. The van der Waals surface area contributed by atoms with Crippen molar-refractivity contribution >= 4 is 23.3 Å². The maximum atomic E-state index is 13.1. The summed E-state index contributed by atoms with van der Waals surface area (Å²) < 4.78 is 35.1. The summed E-state index contributed by atoms with van der Waals surface area (Å²) in [6.45, 7) is 2.02. The molecule has 1 aliphatic heterocycles. The molecule has 0 bridgehead atoms. The first-order valence-corrected chi connectivity index (χ1v) is 8.07. The van der Waals surface area contributed by atoms with Gasteiger partial charge < -0.3 is 14.8 Å². The van der Waals surface area contributed by atoms with Crippen molar-refractivity contribution in [1.29, 1.82) is 0 Å². The van der Waals surface area contributed by atoms with E-state index in [0.717, 1.165) is 6.42 Å². The number of fused-ring (bicyclic) bond motifs is 1. The van der Waals surface area contributed by atoms with Gasteiger partial charge >= 0.3 is 6.29 Å². The minimum absolute atomic E-state index is 0.0453. The van der Waals surface area contributed by atoms with Crippen LogP contribution < -0.4 is 14.8 Å². The molecule has 2 unspecified atom stereocenters. The summed E-state index contributed by atoms with van der Waals surface area (Å²) in [6.07, 6.45) is -1.30. The average Bonchev–Trinajstić information content (AvgIpc) is 3.19. The Labute approximate surface area is 146 Å². The van der Waals surface area contributed by atoms with Crippen LogP contribution in [0.25, 0.3) is 11.1 Å². The van der Waals surface area contributed by atoms with Crippen LogP contribution in [0.3, 0.4) is 0 Å². The molecule has 4 rings (SSSR count). The van der Waals surface area contributed by atoms with E-state index in [1.807, 2.05) is 6.92 Å². The lowest BCUT2D eigenvalue weighted by Crippen LogP contribution is -2.25. The molecular formula is C17H13ClF2N2O3. The summed E-state index contributed by atoms with van der Waals surface area (Å²) in [5.41, 5.74) is 1.08. The second kappa shape index (κ2) is 5.56. The van der Waals surface area contributed by atoms with Crippen molar-refractivity contribution in [2.24, 2.45) is 11.8 Å². The SMILES string of the molecule is CC1CC1C(=O)Nc1ccc(-c2cc3c(cc2Cl)OC(F)(F)O3)cn1. The molecule has 25 heavy (non-hydrogen) atoms. The maximum Gasteiger partial charge on any atom is 0.586 e. The number of hydrogen-bond donors (Lipinski definition) is 1. The van der Waals surface area contributed by atoms with Crippen LogP contribution in [-0.4, -0.2) is 17.2 Å². The number of halogens is 3. The van der Waals surface area contributed by atoms with Gasteiger partial charge in [0, 0.05) is 29.3 Å². The van der Waals surface area contributed by atoms with E-state index in [1.165, 1.54) is 18.3 Å². The minimum Gasteiger partial charge on any atom is -0.395 e. The number of nitrogens with one attached hydrogen (secondary N) is 1. The zero-order valence-electron chi connectivity index (χ0n) is 13.1. The molecule has 0 saturated heterocycles. The number of ether oxygens (including phenoxy) is 2. The Hall–Kier alpha value is -2.41. The first-order chi connectivity index (χ1) is 11.8. The Morgan fingerprint density at radius 2 is 2.00 bits per heavy atom. The Balaban J connectivity index is 1.56. The summed E-state index contributed by atoms with van der Waals surface area (Å²) in [7, 11) is 0. The van der Waals surface area contributed by atoms with E-state index in [9.17, 15) is 13.6 Å². The lowest BCUT2D eigenvalue weighted by molar-refractivity contribution is -0.286. The highest BCUT2D eigenvalue weighted by Gasteiger charge is 2.44. The number of pyridine rings is 1. The van der Waals surface area contributed by atoms with Crippen molar-refractivity contribution in [2.45, 2.75) is 19.6 Å². The highest BCUT2D eigenvalue weighted by Crippen LogP contribution is 2.46. The Morgan fingerprint density at radius 1 is 1.32 bits per heavy atom. The van der Waals surface area contributed by atoms with E-state index in [0.29, 0.717) is 22.9 Å². The fourth-order valence-corrected chi connectivity index (χ4v) is 2.99. The van der Waals surface area contributed by atoms with Crippen molar-refractivity contribution < 1.29 is 23.0 Å². The molecule has 2 heterocycles. The van der Waals surface area contributed by atoms with Gasteiger partial charge in [0.15, 0.2) is 11.5 Å². The largest absolute Gasteiger partial charge is 0.586 e. The number of aromatic nitrogens is 1. The molecule has 1 amide bonds. The quantitative estimate of drug-likeness (QED) is 0.879. The van der Waals surface area contributed by atoms with Gasteiger partial charge in [0.1, 0.15) is 5.82 Å². The first kappa shape index (κ1) is 16.1. The van der Waals surface area contributed by atoms with E-state index in [4.69, 9.17) is 11.6 Å². The predicted molar refractivity (Wildman–Crippen MR) is 86.8 cm³/mol. The molecule has 1 aromatic carbocycles. The number of carbonyl (C=O) groups is 1. The van der Waals surface area contributed by atoms with E-state index >= 15 is 0 Å². The van der Waals surface area contributed by atoms with Gasteiger partial charge in [0.2, 0.25) is 5.91 Å². The van der Waals surface area contributed by atoms with Gasteiger partial charge in [-0.3, -0.25) is 4.79 Å². The molecule has 2 atom stereocenters. The molecule has 2 aromatic rings. The van der Waals surface area contributed by atoms with Crippen LogP contribution in [0, 0.1) is 11.8 Å². The Kier molecular flexibility index (Phi) is 3.57. The van der Waals surface area contributed by atoms with E-state index in [-0.39, 0.29) is 28.3 Å². The number of carbonyl (C=O) groups excluding carboxylic acids is 1. The standard InChI is InChI=1S/C17H13ClF2N2O3/c1-8-4-10(8)16(23)22-15-3-2-9(7-21-15)11-5-13-14(6-12(11)18)25-17(19,20)24-13/h2-3,5-8,10H,4H2,1H3,(H,21,22,23). The first-order valence-electron chi connectivity index (χ1n) is 7.69. The van der Waals surface area contributed by atoms with Crippen LogP contribution in [0.15, 0.2) is 30.5 Å². The van der Waals surface area contributed by atoms with Crippen LogP contribution in [-0.2, 0) is 4.79 Å². The molecule has 1 fully saturated rings. The molecule has 0 spiro atoms. The second-order valence-electron chi connectivity index (χ2n) is 6.19. The molecule has 0 radical (unpaired) electrons. The number of benzene rings is 1. The van der Waals surface area contributed by atoms with Crippen LogP contribution in [0.2, 0.25) is 5.02 Å². The van der Waals surface area contributed by atoms with Gasteiger partial charge in [-0.15, -0.1) is 8.78 Å². The smallest absolute Gasteiger partial charge is 0.395 e. The predicted octanol–water partition coefficient (Wildman–Crippen LogP) is 4.32. The third-order valence-corrected chi connectivity index (χ3v) is 4.58. The normalized spacial score (nSPS) is 22.6. The van der Waals surface area contributed by atoms with Crippen LogP contribution in [0.1, 0.15) is 13.3 Å². The summed E-state index contributed by atoms with van der Waals surface area (Å²) in [6, 6.07) is 5.98. The number of amides is 1. The van der Waals surface area contributed by atoms with Gasteiger partial charge in [-0.25, -0.2) is 4.98 Å². The molecule has 1 N–H and O–H groups in total. The second-order valence-corrected chi connectivity index (χ2v) is 6.59. The zero-order valence-corrected chi connectivity index (χ0v) is 13.8. The molecule has 2 aliphatic rings. The molecular weight excluding hydrogens is 354 g/mol. The number of anilines is 1. The maximum absolute atomic E-state index is 13.1. The fourth-order valence-electron chi connectivity index (χ4n) is 2.73. The van der Waals surface area contributed by atoms with Crippen LogP contribution >= 0.6 is 11.6 Å². The van der Waals surface area contributed by atoms with Gasteiger partial charge in [-0.05, 0) is 30.5 Å². The summed E-state index contributed by atoms with van der Waals surface area (Å²) in [5.74, 6) is 0.627. The average molecular weight is 367 g/mol. The minimum atomic E-state index is -3.70. The van der Waals surface area contributed by atoms with E-state index in [1.54, 1.807) is 12.1 Å². The van der Waals surface area contributed by atoms with Crippen LogP contribution in [0.4, 0.5) is 14.6 Å². The number of nitrogens with zero attached hydrogens (tertiary/aromatic N) is 1. The summed E-state index contributed by atoms with van der Waals surface area (Å²) >= 11 is 6.15. The lowest BCUT2D eigenvalue weighted by atomic mass is 10.1. The number of hydrogen-bond acceptors (Lipinski definition) is 4. The molecule has 1 aliphatic carbocycles. The Bertz CT molecular complexity index is 858.